The quantitative estimate of drug-likeness (QED) is 0.736. The van der Waals surface area contributed by atoms with E-state index in [9.17, 15) is 19.4 Å². The summed E-state index contributed by atoms with van der Waals surface area (Å²) in [5.74, 6) is -0.541. The Kier molecular flexibility index (Phi) is 3.86. The third-order valence-electron chi connectivity index (χ3n) is 3.39. The van der Waals surface area contributed by atoms with Crippen molar-refractivity contribution in [2.75, 3.05) is 7.11 Å². The third kappa shape index (κ3) is 2.59. The lowest BCUT2D eigenvalue weighted by atomic mass is 10.1. The highest BCUT2D eigenvalue weighted by Gasteiger charge is 2.25. The van der Waals surface area contributed by atoms with Crippen molar-refractivity contribution in [1.29, 1.82) is 0 Å². The SMILES string of the molecule is COc1c([P+](=O)[O-])cc2oc(-c3ccccc3)cc(=O)c2c1O. The van der Waals surface area contributed by atoms with Gasteiger partial charge < -0.3 is 19.2 Å². The number of methoxy groups -OCH3 is 1. The van der Waals surface area contributed by atoms with Crippen LogP contribution in [-0.2, 0) is 4.57 Å². The normalized spacial score (nSPS) is 11.5. The molecule has 0 aliphatic heterocycles. The lowest BCUT2D eigenvalue weighted by Crippen LogP contribution is -2.11. The molecular formula is C16H11O6P. The fourth-order valence-electron chi connectivity index (χ4n) is 2.35. The molecule has 0 saturated carbocycles. The van der Waals surface area contributed by atoms with E-state index in [0.29, 0.717) is 5.56 Å². The van der Waals surface area contributed by atoms with Gasteiger partial charge in [-0.25, -0.2) is 0 Å². The number of phenols is 1. The monoisotopic (exact) mass is 330 g/mol. The molecule has 1 aromatic heterocycles. The molecule has 1 atom stereocenters. The predicted octanol–water partition coefficient (Wildman–Crippen LogP) is 1.90. The second-order valence-corrected chi connectivity index (χ2v) is 5.74. The Morgan fingerprint density at radius 2 is 1.91 bits per heavy atom. The Bertz CT molecular complexity index is 962. The molecule has 23 heavy (non-hydrogen) atoms. The van der Waals surface area contributed by atoms with Gasteiger partial charge in [0.1, 0.15) is 16.7 Å². The van der Waals surface area contributed by atoms with E-state index in [1.54, 1.807) is 24.3 Å². The molecule has 0 spiro atoms. The molecule has 2 aromatic carbocycles. The minimum atomic E-state index is -3.03. The van der Waals surface area contributed by atoms with Crippen molar-refractivity contribution in [2.24, 2.45) is 0 Å². The van der Waals surface area contributed by atoms with Gasteiger partial charge in [-0.15, -0.1) is 0 Å². The third-order valence-corrected chi connectivity index (χ3v) is 4.11. The second kappa shape index (κ2) is 5.83. The maximum Gasteiger partial charge on any atom is 0.353 e. The first-order valence-electron chi connectivity index (χ1n) is 6.60. The van der Waals surface area contributed by atoms with Gasteiger partial charge in [0.15, 0.2) is 11.2 Å². The molecule has 1 unspecified atom stereocenters. The number of hydrogen-bond donors (Lipinski definition) is 1. The van der Waals surface area contributed by atoms with Crippen molar-refractivity contribution in [3.63, 3.8) is 0 Å². The van der Waals surface area contributed by atoms with Gasteiger partial charge in [-0.05, 0) is 0 Å². The summed E-state index contributed by atoms with van der Waals surface area (Å²) in [5, 5.41) is 9.80. The first-order chi connectivity index (χ1) is 11.0. The zero-order valence-electron chi connectivity index (χ0n) is 12.0. The lowest BCUT2D eigenvalue weighted by Gasteiger charge is -2.08. The van der Waals surface area contributed by atoms with Crippen molar-refractivity contribution in [3.05, 3.63) is 52.7 Å². The zero-order chi connectivity index (χ0) is 16.6. The van der Waals surface area contributed by atoms with Crippen LogP contribution < -0.4 is 20.4 Å². The van der Waals surface area contributed by atoms with Crippen LogP contribution in [0.3, 0.4) is 0 Å². The highest BCUT2D eigenvalue weighted by molar-refractivity contribution is 7.46. The number of aromatic hydroxyl groups is 1. The lowest BCUT2D eigenvalue weighted by molar-refractivity contribution is -0.160. The first-order valence-corrected chi connectivity index (χ1v) is 7.78. The molecule has 1 N–H and O–H groups in total. The minimum absolute atomic E-state index is 0.0242. The molecule has 3 rings (SSSR count). The van der Waals surface area contributed by atoms with E-state index in [4.69, 9.17) is 9.15 Å². The van der Waals surface area contributed by atoms with Crippen LogP contribution in [0, 0.1) is 0 Å². The molecule has 6 nitrogen and oxygen atoms in total. The van der Waals surface area contributed by atoms with Gasteiger partial charge in [-0.3, -0.25) is 4.79 Å². The number of fused-ring (bicyclic) bond motifs is 1. The molecular weight excluding hydrogens is 319 g/mol. The summed E-state index contributed by atoms with van der Waals surface area (Å²) in [6.45, 7) is 0. The van der Waals surface area contributed by atoms with Crippen molar-refractivity contribution >= 4 is 24.3 Å². The van der Waals surface area contributed by atoms with Crippen LogP contribution in [0.15, 0.2) is 51.7 Å². The molecule has 0 bridgehead atoms. The molecule has 0 aliphatic rings. The van der Waals surface area contributed by atoms with Crippen LogP contribution in [0.25, 0.3) is 22.3 Å². The highest BCUT2D eigenvalue weighted by Crippen LogP contribution is 2.36. The van der Waals surface area contributed by atoms with Crippen LogP contribution in [0.4, 0.5) is 0 Å². The van der Waals surface area contributed by atoms with Crippen LogP contribution >= 0.6 is 8.03 Å². The van der Waals surface area contributed by atoms with Crippen molar-refractivity contribution < 1.29 is 23.7 Å². The average Bonchev–Trinajstić information content (AvgIpc) is 2.54. The Balaban J connectivity index is 2.37. The highest BCUT2D eigenvalue weighted by atomic mass is 31.1. The summed E-state index contributed by atoms with van der Waals surface area (Å²) < 4.78 is 21.9. The maximum atomic E-state index is 12.3. The Labute approximate surface area is 131 Å². The Morgan fingerprint density at radius 3 is 2.52 bits per heavy atom. The number of ether oxygens (including phenoxy) is 1. The summed E-state index contributed by atoms with van der Waals surface area (Å²) in [4.78, 5) is 23.7. The molecule has 0 amide bonds. The van der Waals surface area contributed by atoms with Gasteiger partial charge in [-0.2, -0.15) is 0 Å². The van der Waals surface area contributed by atoms with Gasteiger partial charge >= 0.3 is 8.03 Å². The number of rotatable bonds is 3. The molecule has 116 valence electrons. The minimum Gasteiger partial charge on any atom is -0.591 e. The van der Waals surface area contributed by atoms with Crippen LogP contribution in [0.5, 0.6) is 11.5 Å². The molecule has 3 aromatic rings. The van der Waals surface area contributed by atoms with E-state index in [2.05, 4.69) is 0 Å². The summed E-state index contributed by atoms with van der Waals surface area (Å²) in [6, 6.07) is 11.3. The Morgan fingerprint density at radius 1 is 1.22 bits per heavy atom. The van der Waals surface area contributed by atoms with E-state index in [1.807, 2.05) is 6.07 Å². The second-order valence-electron chi connectivity index (χ2n) is 4.75. The molecule has 0 fully saturated rings. The van der Waals surface area contributed by atoms with E-state index in [0.717, 1.165) is 0 Å². The maximum absolute atomic E-state index is 12.3. The Hall–Kier alpha value is -2.69. The van der Waals surface area contributed by atoms with Crippen LogP contribution in [0.2, 0.25) is 0 Å². The topological polar surface area (TPSA) is 99.8 Å². The number of hydrogen-bond acceptors (Lipinski definition) is 6. The molecule has 0 radical (unpaired) electrons. The van der Waals surface area contributed by atoms with Crippen molar-refractivity contribution in [3.8, 4) is 22.8 Å². The molecule has 0 saturated heterocycles. The van der Waals surface area contributed by atoms with Crippen molar-refractivity contribution in [1.82, 2.24) is 0 Å². The summed E-state index contributed by atoms with van der Waals surface area (Å²) in [5.41, 5.74) is 0.146. The molecule has 7 heteroatoms. The summed E-state index contributed by atoms with van der Waals surface area (Å²) in [7, 11) is -1.82. The van der Waals surface area contributed by atoms with Gasteiger partial charge in [0.2, 0.25) is 11.1 Å². The van der Waals surface area contributed by atoms with E-state index < -0.39 is 19.2 Å². The molecule has 1 heterocycles. The molecule has 0 aliphatic carbocycles. The standard InChI is InChI=1S/C16H11O6P/c1-21-16-13(23(19)20)8-12-14(15(16)18)10(17)7-11(22-12)9-5-3-2-4-6-9/h2-8,18H,1H3. The van der Waals surface area contributed by atoms with Gasteiger partial charge in [0.05, 0.1) is 7.11 Å². The number of benzene rings is 2. The largest absolute Gasteiger partial charge is 0.591 e. The fraction of sp³-hybridized carbons (Fsp3) is 0.0625. The van der Waals surface area contributed by atoms with E-state index in [-0.39, 0.29) is 27.8 Å². The summed E-state index contributed by atoms with van der Waals surface area (Å²) in [6.07, 6.45) is 0. The smallest absolute Gasteiger partial charge is 0.353 e. The van der Waals surface area contributed by atoms with Crippen LogP contribution in [-0.4, -0.2) is 12.2 Å². The average molecular weight is 330 g/mol. The predicted molar refractivity (Wildman–Crippen MR) is 83.4 cm³/mol. The van der Waals surface area contributed by atoms with E-state index >= 15 is 0 Å². The van der Waals surface area contributed by atoms with Crippen LogP contribution in [0.1, 0.15) is 0 Å². The van der Waals surface area contributed by atoms with E-state index in [1.165, 1.54) is 19.2 Å². The number of phenolic OH excluding ortho intramolecular Hbond substituents is 1. The zero-order valence-corrected chi connectivity index (χ0v) is 12.9. The van der Waals surface area contributed by atoms with Crippen molar-refractivity contribution in [2.45, 2.75) is 0 Å². The van der Waals surface area contributed by atoms with Gasteiger partial charge in [0, 0.05) is 17.7 Å². The van der Waals surface area contributed by atoms with Gasteiger partial charge in [0.25, 0.3) is 0 Å². The fourth-order valence-corrected chi connectivity index (χ4v) is 2.94. The summed E-state index contributed by atoms with van der Waals surface area (Å²) >= 11 is 0. The van der Waals surface area contributed by atoms with Gasteiger partial charge in [-0.1, -0.05) is 34.9 Å². The first kappa shape index (κ1) is 15.2.